The second-order valence-electron chi connectivity index (χ2n) is 6.43. The quantitative estimate of drug-likeness (QED) is 0.845. The molecule has 3 rings (SSSR count). The third-order valence-electron chi connectivity index (χ3n) is 4.58. The van der Waals surface area contributed by atoms with Gasteiger partial charge >= 0.3 is 0 Å². The highest BCUT2D eigenvalue weighted by molar-refractivity contribution is 5.76. The first-order chi connectivity index (χ1) is 10.1. The Labute approximate surface area is 127 Å². The minimum Gasteiger partial charge on any atom is -0.366 e. The summed E-state index contributed by atoms with van der Waals surface area (Å²) in [4.78, 5) is 19.1. The van der Waals surface area contributed by atoms with Gasteiger partial charge in [0, 0.05) is 38.3 Å². The Balaban J connectivity index is 1.67. The molecule has 2 aliphatic rings. The van der Waals surface area contributed by atoms with Gasteiger partial charge in [-0.3, -0.25) is 4.79 Å². The van der Waals surface area contributed by atoms with E-state index in [0.717, 1.165) is 39.0 Å². The molecule has 114 valence electrons. The summed E-state index contributed by atoms with van der Waals surface area (Å²) in [6, 6.07) is 9.14. The van der Waals surface area contributed by atoms with Crippen molar-refractivity contribution < 1.29 is 4.79 Å². The minimum atomic E-state index is 0.307. The van der Waals surface area contributed by atoms with Gasteiger partial charge in [-0.15, -0.1) is 0 Å². The lowest BCUT2D eigenvalue weighted by molar-refractivity contribution is -0.131. The lowest BCUT2D eigenvalue weighted by atomic mass is 10.1. The second-order valence-corrected chi connectivity index (χ2v) is 6.43. The molecule has 1 fully saturated rings. The number of para-hydroxylation sites is 1. The van der Waals surface area contributed by atoms with E-state index in [1.165, 1.54) is 11.3 Å². The molecule has 0 aromatic heterocycles. The Bertz CT molecular complexity index is 515. The zero-order chi connectivity index (χ0) is 14.8. The smallest absolute Gasteiger partial charge is 0.223 e. The molecule has 0 bridgehead atoms. The van der Waals surface area contributed by atoms with Crippen LogP contribution in [0.5, 0.6) is 0 Å². The van der Waals surface area contributed by atoms with Crippen LogP contribution in [-0.2, 0) is 11.2 Å². The van der Waals surface area contributed by atoms with Gasteiger partial charge in [0.25, 0.3) is 0 Å². The van der Waals surface area contributed by atoms with Crippen LogP contribution >= 0.6 is 0 Å². The first kappa shape index (κ1) is 14.4. The molecule has 0 spiro atoms. The van der Waals surface area contributed by atoms with Crippen LogP contribution in [0.2, 0.25) is 0 Å². The average molecular weight is 287 g/mol. The second kappa shape index (κ2) is 6.06. The SMILES string of the molecule is CN(C)CCC(=O)N1CCCN2c3ccccc3CC2C1. The van der Waals surface area contributed by atoms with E-state index in [1.54, 1.807) is 0 Å². The van der Waals surface area contributed by atoms with Crippen LogP contribution in [0.25, 0.3) is 0 Å². The van der Waals surface area contributed by atoms with E-state index in [0.29, 0.717) is 18.4 Å². The zero-order valence-electron chi connectivity index (χ0n) is 13.1. The van der Waals surface area contributed by atoms with E-state index in [-0.39, 0.29) is 0 Å². The van der Waals surface area contributed by atoms with Crippen LogP contribution in [0.3, 0.4) is 0 Å². The van der Waals surface area contributed by atoms with Gasteiger partial charge in [-0.1, -0.05) is 18.2 Å². The maximum absolute atomic E-state index is 12.4. The highest BCUT2D eigenvalue weighted by Gasteiger charge is 2.33. The zero-order valence-corrected chi connectivity index (χ0v) is 13.1. The molecule has 4 nitrogen and oxygen atoms in total. The fourth-order valence-electron chi connectivity index (χ4n) is 3.47. The summed E-state index contributed by atoms with van der Waals surface area (Å²) in [6.45, 7) is 3.69. The van der Waals surface area contributed by atoms with Crippen molar-refractivity contribution in [2.45, 2.75) is 25.3 Å². The number of hydrogen-bond acceptors (Lipinski definition) is 3. The molecule has 1 unspecified atom stereocenters. The number of amides is 1. The number of anilines is 1. The molecule has 0 radical (unpaired) electrons. The Hall–Kier alpha value is -1.55. The first-order valence-electron chi connectivity index (χ1n) is 7.92. The standard InChI is InChI=1S/C17H25N3O/c1-18(2)11-8-17(21)19-9-5-10-20-15(13-19)12-14-6-3-4-7-16(14)20/h3-4,6-7,15H,5,8-13H2,1-2H3. The molecule has 0 saturated carbocycles. The predicted octanol–water partition coefficient (Wildman–Crippen LogP) is 1.60. The van der Waals surface area contributed by atoms with Crippen molar-refractivity contribution in [1.29, 1.82) is 0 Å². The highest BCUT2D eigenvalue weighted by atomic mass is 16.2. The summed E-state index contributed by atoms with van der Waals surface area (Å²) in [7, 11) is 4.04. The molecule has 0 aliphatic carbocycles. The third-order valence-corrected chi connectivity index (χ3v) is 4.58. The van der Waals surface area contributed by atoms with E-state index in [1.807, 2.05) is 14.1 Å². The lowest BCUT2D eigenvalue weighted by Gasteiger charge is -2.27. The minimum absolute atomic E-state index is 0.307. The molecule has 1 aromatic rings. The van der Waals surface area contributed by atoms with Gasteiger partial charge in [0.2, 0.25) is 5.91 Å². The summed E-state index contributed by atoms with van der Waals surface area (Å²) in [6.07, 6.45) is 2.78. The van der Waals surface area contributed by atoms with Gasteiger partial charge in [0.15, 0.2) is 0 Å². The third kappa shape index (κ3) is 3.05. The number of rotatable bonds is 3. The van der Waals surface area contributed by atoms with Gasteiger partial charge in [-0.2, -0.15) is 0 Å². The fraction of sp³-hybridized carbons (Fsp3) is 0.588. The Morgan fingerprint density at radius 1 is 1.29 bits per heavy atom. The fourth-order valence-corrected chi connectivity index (χ4v) is 3.47. The predicted molar refractivity (Wildman–Crippen MR) is 85.6 cm³/mol. The van der Waals surface area contributed by atoms with Crippen molar-refractivity contribution in [3.8, 4) is 0 Å². The molecule has 1 amide bonds. The van der Waals surface area contributed by atoms with Gasteiger partial charge in [-0.05, 0) is 38.6 Å². The molecule has 4 heteroatoms. The molecule has 2 heterocycles. The van der Waals surface area contributed by atoms with Crippen LogP contribution in [0, 0.1) is 0 Å². The Morgan fingerprint density at radius 3 is 2.90 bits per heavy atom. The van der Waals surface area contributed by atoms with E-state index in [4.69, 9.17) is 0 Å². The summed E-state index contributed by atoms with van der Waals surface area (Å²) in [5.41, 5.74) is 2.81. The van der Waals surface area contributed by atoms with E-state index < -0.39 is 0 Å². The Morgan fingerprint density at radius 2 is 2.10 bits per heavy atom. The number of hydrogen-bond donors (Lipinski definition) is 0. The average Bonchev–Trinajstić information content (AvgIpc) is 2.68. The largest absolute Gasteiger partial charge is 0.366 e. The molecule has 0 N–H and O–H groups in total. The van der Waals surface area contributed by atoms with Crippen molar-refractivity contribution in [2.24, 2.45) is 0 Å². The molecule has 2 aliphatic heterocycles. The van der Waals surface area contributed by atoms with Gasteiger partial charge in [-0.25, -0.2) is 0 Å². The first-order valence-corrected chi connectivity index (χ1v) is 7.92. The van der Waals surface area contributed by atoms with Gasteiger partial charge < -0.3 is 14.7 Å². The lowest BCUT2D eigenvalue weighted by Crippen LogP contribution is -2.42. The number of fused-ring (bicyclic) bond motifs is 3. The number of benzene rings is 1. The van der Waals surface area contributed by atoms with E-state index in [9.17, 15) is 4.79 Å². The van der Waals surface area contributed by atoms with Crippen molar-refractivity contribution >= 4 is 11.6 Å². The Kier molecular flexibility index (Phi) is 4.15. The number of nitrogens with zero attached hydrogens (tertiary/aromatic N) is 3. The maximum atomic E-state index is 12.4. The molecular formula is C17H25N3O. The van der Waals surface area contributed by atoms with Crippen LogP contribution in [0.4, 0.5) is 5.69 Å². The molecule has 1 saturated heterocycles. The summed E-state index contributed by atoms with van der Waals surface area (Å²) in [5.74, 6) is 0.307. The maximum Gasteiger partial charge on any atom is 0.223 e. The van der Waals surface area contributed by atoms with Gasteiger partial charge in [0.05, 0.1) is 6.04 Å². The van der Waals surface area contributed by atoms with Crippen LogP contribution in [0.1, 0.15) is 18.4 Å². The summed E-state index contributed by atoms with van der Waals surface area (Å²) in [5, 5.41) is 0. The summed E-state index contributed by atoms with van der Waals surface area (Å²) >= 11 is 0. The molecular weight excluding hydrogens is 262 g/mol. The number of carbonyl (C=O) groups is 1. The van der Waals surface area contributed by atoms with E-state index in [2.05, 4.69) is 39.0 Å². The van der Waals surface area contributed by atoms with Crippen LogP contribution in [-0.4, -0.2) is 62.0 Å². The molecule has 1 aromatic carbocycles. The highest BCUT2D eigenvalue weighted by Crippen LogP contribution is 2.33. The monoisotopic (exact) mass is 287 g/mol. The summed E-state index contributed by atoms with van der Waals surface area (Å²) < 4.78 is 0. The van der Waals surface area contributed by atoms with E-state index >= 15 is 0 Å². The van der Waals surface area contributed by atoms with Crippen LogP contribution in [0.15, 0.2) is 24.3 Å². The number of carbonyl (C=O) groups excluding carboxylic acids is 1. The normalized spacial score (nSPS) is 21.2. The van der Waals surface area contributed by atoms with Gasteiger partial charge in [0.1, 0.15) is 0 Å². The van der Waals surface area contributed by atoms with Crippen molar-refractivity contribution in [1.82, 2.24) is 9.80 Å². The van der Waals surface area contributed by atoms with Crippen molar-refractivity contribution in [3.63, 3.8) is 0 Å². The molecule has 1 atom stereocenters. The topological polar surface area (TPSA) is 26.8 Å². The van der Waals surface area contributed by atoms with Crippen LogP contribution < -0.4 is 4.90 Å². The van der Waals surface area contributed by atoms with Crippen molar-refractivity contribution in [3.05, 3.63) is 29.8 Å². The van der Waals surface area contributed by atoms with Crippen molar-refractivity contribution in [2.75, 3.05) is 45.2 Å². The molecule has 21 heavy (non-hydrogen) atoms.